The van der Waals surface area contributed by atoms with Crippen molar-refractivity contribution < 1.29 is 13.3 Å². The van der Waals surface area contributed by atoms with E-state index in [4.69, 9.17) is 24.9 Å². The van der Waals surface area contributed by atoms with Crippen LogP contribution in [-0.2, 0) is 13.3 Å². The Morgan fingerprint density at radius 2 is 1.47 bits per heavy atom. The van der Waals surface area contributed by atoms with Crippen molar-refractivity contribution >= 4 is 20.4 Å². The molecule has 0 saturated heterocycles. The maximum atomic E-state index is 6.47. The molecular formula is C12H19ClO3Si. The first kappa shape index (κ1) is 14.7. The van der Waals surface area contributed by atoms with Crippen LogP contribution in [-0.4, -0.2) is 30.1 Å². The largest absolute Gasteiger partial charge is 0.505 e. The minimum Gasteiger partial charge on any atom is -0.377 e. The van der Waals surface area contributed by atoms with Crippen LogP contribution in [0.2, 0.25) is 5.54 Å². The van der Waals surface area contributed by atoms with E-state index in [-0.39, 0.29) is 10.9 Å². The Morgan fingerprint density at radius 1 is 1.00 bits per heavy atom. The Morgan fingerprint density at radius 3 is 1.88 bits per heavy atom. The highest BCUT2D eigenvalue weighted by molar-refractivity contribution is 6.63. The molecule has 0 aliphatic rings. The standard InChI is InChI=1S/C12H19ClO3Si/c1-10(17(14-2,15-3)16-4)12(13)11-8-6-5-7-9-11/h5-10,12H,1-4H3. The Balaban J connectivity index is 2.92. The Bertz CT molecular complexity index is 322. The van der Waals surface area contributed by atoms with Crippen LogP contribution >= 0.6 is 11.6 Å². The number of hydrogen-bond donors (Lipinski definition) is 0. The van der Waals surface area contributed by atoms with Gasteiger partial charge in [-0.2, -0.15) is 0 Å². The first-order valence-corrected chi connectivity index (χ1v) is 7.69. The van der Waals surface area contributed by atoms with E-state index in [0.29, 0.717) is 0 Å². The highest BCUT2D eigenvalue weighted by atomic mass is 35.5. The second-order valence-electron chi connectivity index (χ2n) is 3.82. The molecule has 0 saturated carbocycles. The first-order valence-electron chi connectivity index (χ1n) is 5.45. The first-order chi connectivity index (χ1) is 8.11. The quantitative estimate of drug-likeness (QED) is 0.589. The fourth-order valence-electron chi connectivity index (χ4n) is 1.91. The van der Waals surface area contributed by atoms with Gasteiger partial charge in [0.25, 0.3) is 0 Å². The molecule has 0 amide bonds. The smallest absolute Gasteiger partial charge is 0.377 e. The summed E-state index contributed by atoms with van der Waals surface area (Å²) in [5, 5.41) is -0.192. The normalized spacial score (nSPS) is 15.6. The van der Waals surface area contributed by atoms with Crippen LogP contribution in [0, 0.1) is 0 Å². The maximum Gasteiger partial charge on any atom is 0.505 e. The van der Waals surface area contributed by atoms with E-state index in [2.05, 4.69) is 0 Å². The van der Waals surface area contributed by atoms with Crippen molar-refractivity contribution in [3.63, 3.8) is 0 Å². The van der Waals surface area contributed by atoms with Gasteiger partial charge in [-0.1, -0.05) is 37.3 Å². The monoisotopic (exact) mass is 274 g/mol. The van der Waals surface area contributed by atoms with Gasteiger partial charge in [-0.25, -0.2) is 0 Å². The fourth-order valence-corrected chi connectivity index (χ4v) is 4.69. The molecule has 1 rings (SSSR count). The third-order valence-corrected chi connectivity index (χ3v) is 6.97. The molecule has 3 nitrogen and oxygen atoms in total. The summed E-state index contributed by atoms with van der Waals surface area (Å²) in [7, 11) is 2.11. The van der Waals surface area contributed by atoms with Crippen LogP contribution in [0.4, 0.5) is 0 Å². The summed E-state index contributed by atoms with van der Waals surface area (Å²) >= 11 is 6.47. The zero-order valence-electron chi connectivity index (χ0n) is 10.6. The molecule has 0 aromatic heterocycles. The lowest BCUT2D eigenvalue weighted by Gasteiger charge is -2.32. The highest BCUT2D eigenvalue weighted by Gasteiger charge is 2.48. The molecule has 0 N–H and O–H groups in total. The molecule has 1 aromatic carbocycles. The van der Waals surface area contributed by atoms with Crippen LogP contribution in [0.5, 0.6) is 0 Å². The highest BCUT2D eigenvalue weighted by Crippen LogP contribution is 2.40. The average Bonchev–Trinajstić information content (AvgIpc) is 2.41. The van der Waals surface area contributed by atoms with Gasteiger partial charge in [0.2, 0.25) is 0 Å². The summed E-state index contributed by atoms with van der Waals surface area (Å²) in [6.07, 6.45) is 0. The van der Waals surface area contributed by atoms with Crippen LogP contribution in [0.1, 0.15) is 17.9 Å². The van der Waals surface area contributed by atoms with Crippen LogP contribution in [0.25, 0.3) is 0 Å². The molecule has 2 atom stereocenters. The second kappa shape index (κ2) is 6.52. The molecule has 0 fully saturated rings. The molecule has 0 aliphatic heterocycles. The summed E-state index contributed by atoms with van der Waals surface area (Å²) in [6.45, 7) is 1.99. The average molecular weight is 275 g/mol. The summed E-state index contributed by atoms with van der Waals surface area (Å²) in [5.74, 6) is 0. The molecule has 5 heteroatoms. The van der Waals surface area contributed by atoms with Gasteiger partial charge in [-0.15, -0.1) is 11.6 Å². The van der Waals surface area contributed by atoms with Gasteiger partial charge in [0.05, 0.1) is 5.38 Å². The summed E-state index contributed by atoms with van der Waals surface area (Å²) in [6, 6.07) is 9.88. The predicted octanol–water partition coefficient (Wildman–Crippen LogP) is 3.23. The molecule has 17 heavy (non-hydrogen) atoms. The van der Waals surface area contributed by atoms with Crippen molar-refractivity contribution in [1.29, 1.82) is 0 Å². The Kier molecular flexibility index (Phi) is 5.62. The van der Waals surface area contributed by atoms with Gasteiger partial charge in [-0.3, -0.25) is 0 Å². The van der Waals surface area contributed by atoms with E-state index >= 15 is 0 Å². The molecule has 2 unspecified atom stereocenters. The third-order valence-electron chi connectivity index (χ3n) is 2.97. The van der Waals surface area contributed by atoms with E-state index in [1.54, 1.807) is 21.3 Å². The van der Waals surface area contributed by atoms with Crippen LogP contribution in [0.15, 0.2) is 30.3 Å². The molecule has 0 aliphatic carbocycles. The van der Waals surface area contributed by atoms with E-state index in [1.165, 1.54) is 0 Å². The van der Waals surface area contributed by atoms with Gasteiger partial charge >= 0.3 is 8.80 Å². The predicted molar refractivity (Wildman–Crippen MR) is 71.2 cm³/mol. The van der Waals surface area contributed by atoms with Crippen LogP contribution < -0.4 is 0 Å². The number of hydrogen-bond acceptors (Lipinski definition) is 3. The van der Waals surface area contributed by atoms with Crippen molar-refractivity contribution in [2.45, 2.75) is 17.8 Å². The Labute approximate surface area is 109 Å². The van der Waals surface area contributed by atoms with Crippen LogP contribution in [0.3, 0.4) is 0 Å². The fraction of sp³-hybridized carbons (Fsp3) is 0.500. The number of alkyl halides is 1. The van der Waals surface area contributed by atoms with Crippen molar-refractivity contribution in [3.8, 4) is 0 Å². The molecule has 96 valence electrons. The molecule has 0 radical (unpaired) electrons. The van der Waals surface area contributed by atoms with Gasteiger partial charge in [0.15, 0.2) is 0 Å². The van der Waals surface area contributed by atoms with Crippen molar-refractivity contribution in [1.82, 2.24) is 0 Å². The summed E-state index contributed by atoms with van der Waals surface area (Å²) in [4.78, 5) is 0. The van der Waals surface area contributed by atoms with E-state index in [0.717, 1.165) is 5.56 Å². The second-order valence-corrected chi connectivity index (χ2v) is 7.63. The molecule has 0 bridgehead atoms. The van der Waals surface area contributed by atoms with Gasteiger partial charge in [-0.05, 0) is 5.56 Å². The zero-order valence-corrected chi connectivity index (χ0v) is 12.4. The zero-order chi connectivity index (χ0) is 12.9. The topological polar surface area (TPSA) is 27.7 Å². The molecule has 0 heterocycles. The van der Waals surface area contributed by atoms with Gasteiger partial charge in [0, 0.05) is 26.9 Å². The number of halogens is 1. The van der Waals surface area contributed by atoms with Gasteiger partial charge < -0.3 is 13.3 Å². The molecule has 1 aromatic rings. The third kappa shape index (κ3) is 3.08. The molecular weight excluding hydrogens is 256 g/mol. The minimum absolute atomic E-state index is 0.0217. The lowest BCUT2D eigenvalue weighted by atomic mass is 10.1. The summed E-state index contributed by atoms with van der Waals surface area (Å²) < 4.78 is 16.4. The summed E-state index contributed by atoms with van der Waals surface area (Å²) in [5.41, 5.74) is 1.02. The van der Waals surface area contributed by atoms with E-state index in [9.17, 15) is 0 Å². The number of rotatable bonds is 6. The maximum absolute atomic E-state index is 6.47. The number of benzene rings is 1. The van der Waals surface area contributed by atoms with E-state index < -0.39 is 8.80 Å². The SMILES string of the molecule is CO[Si](OC)(OC)C(C)C(Cl)c1ccccc1. The van der Waals surface area contributed by atoms with Gasteiger partial charge in [0.1, 0.15) is 0 Å². The minimum atomic E-state index is -2.70. The van der Waals surface area contributed by atoms with Crippen molar-refractivity contribution in [3.05, 3.63) is 35.9 Å². The lowest BCUT2D eigenvalue weighted by Crippen LogP contribution is -2.48. The van der Waals surface area contributed by atoms with Crippen molar-refractivity contribution in [2.24, 2.45) is 0 Å². The lowest BCUT2D eigenvalue weighted by molar-refractivity contribution is 0.112. The van der Waals surface area contributed by atoms with Crippen molar-refractivity contribution in [2.75, 3.05) is 21.3 Å². The molecule has 0 spiro atoms. The van der Waals surface area contributed by atoms with E-state index in [1.807, 2.05) is 37.3 Å². The Hall–Kier alpha value is -0.393.